The highest BCUT2D eigenvalue weighted by Gasteiger charge is 2.10. The van der Waals surface area contributed by atoms with Gasteiger partial charge in [-0.05, 0) is 19.4 Å². The molecule has 2 rings (SSSR count). The van der Waals surface area contributed by atoms with Gasteiger partial charge in [-0.3, -0.25) is 0 Å². The molecule has 1 aliphatic rings. The van der Waals surface area contributed by atoms with Crippen LogP contribution in [0.3, 0.4) is 0 Å². The van der Waals surface area contributed by atoms with E-state index in [2.05, 4.69) is 34.3 Å². The maximum absolute atomic E-state index is 5.45. The maximum atomic E-state index is 5.45. The first-order valence-electron chi connectivity index (χ1n) is 5.93. The summed E-state index contributed by atoms with van der Waals surface area (Å²) < 4.78 is 5.45. The zero-order valence-corrected chi connectivity index (χ0v) is 9.78. The van der Waals surface area contributed by atoms with Gasteiger partial charge >= 0.3 is 0 Å². The van der Waals surface area contributed by atoms with Gasteiger partial charge in [-0.2, -0.15) is 0 Å². The van der Waals surface area contributed by atoms with Crippen LogP contribution in [-0.4, -0.2) is 37.8 Å². The molecule has 0 amide bonds. The van der Waals surface area contributed by atoms with E-state index in [-0.39, 0.29) is 0 Å². The van der Waals surface area contributed by atoms with Gasteiger partial charge < -0.3 is 15.0 Å². The topological polar surface area (TPSA) is 37.4 Å². The third-order valence-electron chi connectivity index (χ3n) is 2.69. The molecule has 88 valence electrons. The lowest BCUT2D eigenvalue weighted by atomic mass is 10.3. The zero-order chi connectivity index (χ0) is 11.2. The molecule has 0 radical (unpaired) electrons. The predicted molar refractivity (Wildman–Crippen MR) is 66.0 cm³/mol. The molecular formula is C12H19N3O. The molecule has 0 bridgehead atoms. The van der Waals surface area contributed by atoms with Gasteiger partial charge in [-0.15, -0.1) is 0 Å². The molecule has 2 heterocycles. The minimum absolute atomic E-state index is 0.818. The molecule has 1 aromatic rings. The molecule has 16 heavy (non-hydrogen) atoms. The summed E-state index contributed by atoms with van der Waals surface area (Å²) in [5.41, 5.74) is 1.23. The number of pyridine rings is 1. The Bertz CT molecular complexity index is 322. The second kappa shape index (κ2) is 5.70. The van der Waals surface area contributed by atoms with Crippen molar-refractivity contribution in [2.45, 2.75) is 13.3 Å². The van der Waals surface area contributed by atoms with Crippen LogP contribution in [0.25, 0.3) is 0 Å². The lowest BCUT2D eigenvalue weighted by Crippen LogP contribution is -2.25. The van der Waals surface area contributed by atoms with Gasteiger partial charge in [-0.1, -0.05) is 0 Å². The van der Waals surface area contributed by atoms with Crippen molar-refractivity contribution >= 4 is 11.5 Å². The highest BCUT2D eigenvalue weighted by molar-refractivity contribution is 5.53. The summed E-state index contributed by atoms with van der Waals surface area (Å²) in [7, 11) is 0. The van der Waals surface area contributed by atoms with Crippen molar-refractivity contribution < 1.29 is 4.74 Å². The van der Waals surface area contributed by atoms with Gasteiger partial charge in [0.25, 0.3) is 0 Å². The molecule has 1 aliphatic heterocycles. The molecule has 0 aliphatic carbocycles. The van der Waals surface area contributed by atoms with Gasteiger partial charge in [0, 0.05) is 44.2 Å². The maximum Gasteiger partial charge on any atom is 0.127 e. The van der Waals surface area contributed by atoms with Crippen molar-refractivity contribution in [3.8, 4) is 0 Å². The van der Waals surface area contributed by atoms with Crippen LogP contribution in [0, 0.1) is 0 Å². The van der Waals surface area contributed by atoms with Gasteiger partial charge in [0.05, 0.1) is 6.61 Å². The Balaban J connectivity index is 2.08. The number of hydrogen-bond donors (Lipinski definition) is 1. The molecule has 0 spiro atoms. The summed E-state index contributed by atoms with van der Waals surface area (Å²) in [4.78, 5) is 6.64. The van der Waals surface area contributed by atoms with Gasteiger partial charge in [0.1, 0.15) is 5.82 Å². The Morgan fingerprint density at radius 2 is 2.38 bits per heavy atom. The SMILES string of the molecule is CCNc1cc(N2CCCOCC2)ccn1. The summed E-state index contributed by atoms with van der Waals surface area (Å²) in [5.74, 6) is 0.949. The molecular weight excluding hydrogens is 202 g/mol. The monoisotopic (exact) mass is 221 g/mol. The fraction of sp³-hybridized carbons (Fsp3) is 0.583. The van der Waals surface area contributed by atoms with Gasteiger partial charge in [-0.25, -0.2) is 4.98 Å². The average molecular weight is 221 g/mol. The minimum atomic E-state index is 0.818. The number of nitrogens with zero attached hydrogens (tertiary/aromatic N) is 2. The molecule has 0 aromatic carbocycles. The Labute approximate surface area is 96.6 Å². The van der Waals surface area contributed by atoms with Crippen molar-refractivity contribution in [3.05, 3.63) is 18.3 Å². The lowest BCUT2D eigenvalue weighted by molar-refractivity contribution is 0.152. The van der Waals surface area contributed by atoms with Crippen LogP contribution in [0.4, 0.5) is 11.5 Å². The number of aromatic nitrogens is 1. The van der Waals surface area contributed by atoms with Crippen LogP contribution < -0.4 is 10.2 Å². The predicted octanol–water partition coefficient (Wildman–Crippen LogP) is 1.74. The number of rotatable bonds is 3. The van der Waals surface area contributed by atoms with E-state index in [0.29, 0.717) is 0 Å². The summed E-state index contributed by atoms with van der Waals surface area (Å²) >= 11 is 0. The molecule has 1 N–H and O–H groups in total. The van der Waals surface area contributed by atoms with Crippen molar-refractivity contribution in [1.82, 2.24) is 4.98 Å². The second-order valence-corrected chi connectivity index (χ2v) is 3.88. The molecule has 1 fully saturated rings. The van der Waals surface area contributed by atoms with E-state index in [1.165, 1.54) is 5.69 Å². The van der Waals surface area contributed by atoms with Crippen LogP contribution in [0.2, 0.25) is 0 Å². The first-order chi connectivity index (χ1) is 7.90. The Hall–Kier alpha value is -1.29. The van der Waals surface area contributed by atoms with E-state index < -0.39 is 0 Å². The number of anilines is 2. The molecule has 4 nitrogen and oxygen atoms in total. The third-order valence-corrected chi connectivity index (χ3v) is 2.69. The third kappa shape index (κ3) is 2.85. The summed E-state index contributed by atoms with van der Waals surface area (Å²) in [6, 6.07) is 4.17. The van der Waals surface area contributed by atoms with E-state index in [9.17, 15) is 0 Å². The van der Waals surface area contributed by atoms with Crippen LogP contribution in [0.1, 0.15) is 13.3 Å². The molecule has 1 saturated heterocycles. The summed E-state index contributed by atoms with van der Waals surface area (Å²) in [6.07, 6.45) is 2.96. The number of nitrogens with one attached hydrogen (secondary N) is 1. The smallest absolute Gasteiger partial charge is 0.127 e. The first kappa shape index (κ1) is 11.2. The van der Waals surface area contributed by atoms with Crippen LogP contribution in [0.5, 0.6) is 0 Å². The van der Waals surface area contributed by atoms with Crippen molar-refractivity contribution in [2.75, 3.05) is 43.1 Å². The minimum Gasteiger partial charge on any atom is -0.380 e. The van der Waals surface area contributed by atoms with Crippen LogP contribution >= 0.6 is 0 Å². The quantitative estimate of drug-likeness (QED) is 0.843. The zero-order valence-electron chi connectivity index (χ0n) is 9.78. The normalized spacial score (nSPS) is 16.9. The van der Waals surface area contributed by atoms with E-state index in [1.807, 2.05) is 6.20 Å². The molecule has 0 atom stereocenters. The fourth-order valence-corrected chi connectivity index (χ4v) is 1.90. The van der Waals surface area contributed by atoms with Gasteiger partial charge in [0.15, 0.2) is 0 Å². The van der Waals surface area contributed by atoms with E-state index >= 15 is 0 Å². The van der Waals surface area contributed by atoms with E-state index in [0.717, 1.165) is 45.1 Å². The second-order valence-electron chi connectivity index (χ2n) is 3.88. The van der Waals surface area contributed by atoms with Gasteiger partial charge in [0.2, 0.25) is 0 Å². The Morgan fingerprint density at radius 3 is 3.25 bits per heavy atom. The van der Waals surface area contributed by atoms with Crippen molar-refractivity contribution in [2.24, 2.45) is 0 Å². The standard InChI is InChI=1S/C12H19N3O/c1-2-13-12-10-11(4-5-14-12)15-6-3-8-16-9-7-15/h4-5,10H,2-3,6-9H2,1H3,(H,13,14). The van der Waals surface area contributed by atoms with Crippen molar-refractivity contribution in [3.63, 3.8) is 0 Å². The van der Waals surface area contributed by atoms with Crippen molar-refractivity contribution in [1.29, 1.82) is 0 Å². The molecule has 4 heteroatoms. The average Bonchev–Trinajstić information content (AvgIpc) is 2.58. The molecule has 0 saturated carbocycles. The fourth-order valence-electron chi connectivity index (χ4n) is 1.90. The summed E-state index contributed by atoms with van der Waals surface area (Å²) in [5, 5.41) is 3.23. The first-order valence-corrected chi connectivity index (χ1v) is 5.93. The molecule has 1 aromatic heterocycles. The highest BCUT2D eigenvalue weighted by atomic mass is 16.5. The number of ether oxygens (including phenoxy) is 1. The van der Waals surface area contributed by atoms with E-state index in [1.54, 1.807) is 0 Å². The number of hydrogen-bond acceptors (Lipinski definition) is 4. The summed E-state index contributed by atoms with van der Waals surface area (Å²) in [6.45, 7) is 6.71. The lowest BCUT2D eigenvalue weighted by Gasteiger charge is -2.22. The largest absolute Gasteiger partial charge is 0.380 e. The Morgan fingerprint density at radius 1 is 1.44 bits per heavy atom. The van der Waals surface area contributed by atoms with Crippen LogP contribution in [-0.2, 0) is 4.74 Å². The van der Waals surface area contributed by atoms with Crippen LogP contribution in [0.15, 0.2) is 18.3 Å². The Kier molecular flexibility index (Phi) is 3.99. The molecule has 0 unspecified atom stereocenters. The van der Waals surface area contributed by atoms with E-state index in [4.69, 9.17) is 4.74 Å². The highest BCUT2D eigenvalue weighted by Crippen LogP contribution is 2.18.